The fourth-order valence-electron chi connectivity index (χ4n) is 3.07. The molecular formula is C20H19N5O2. The molecule has 1 amide bonds. The predicted octanol–water partition coefficient (Wildman–Crippen LogP) is 1.69. The van der Waals surface area contributed by atoms with E-state index in [1.165, 1.54) is 0 Å². The van der Waals surface area contributed by atoms with E-state index in [0.717, 1.165) is 22.7 Å². The summed E-state index contributed by atoms with van der Waals surface area (Å²) < 4.78 is 0. The SMILES string of the molecule is NC(=O)c1ccc(CNC2=NC=CN3C(c4ccc(O)cc4)=CNC23)cc1. The average molecular weight is 361 g/mol. The molecule has 1 unspecified atom stereocenters. The number of nitrogens with one attached hydrogen (secondary N) is 2. The van der Waals surface area contributed by atoms with Crippen LogP contribution < -0.4 is 16.4 Å². The first kappa shape index (κ1) is 16.7. The molecule has 5 N–H and O–H groups in total. The summed E-state index contributed by atoms with van der Waals surface area (Å²) in [5.41, 5.74) is 8.77. The number of benzene rings is 2. The molecule has 2 aromatic carbocycles. The van der Waals surface area contributed by atoms with E-state index in [1.54, 1.807) is 30.5 Å². The summed E-state index contributed by atoms with van der Waals surface area (Å²) >= 11 is 0. The van der Waals surface area contributed by atoms with Crippen molar-refractivity contribution in [2.75, 3.05) is 0 Å². The highest BCUT2D eigenvalue weighted by molar-refractivity contribution is 5.93. The summed E-state index contributed by atoms with van der Waals surface area (Å²) in [5, 5.41) is 16.2. The maximum atomic E-state index is 11.2. The zero-order valence-corrected chi connectivity index (χ0v) is 14.5. The van der Waals surface area contributed by atoms with Gasteiger partial charge in [-0.25, -0.2) is 4.99 Å². The molecule has 0 bridgehead atoms. The van der Waals surface area contributed by atoms with Gasteiger partial charge in [0.15, 0.2) is 6.17 Å². The first-order valence-electron chi connectivity index (χ1n) is 8.53. The second-order valence-electron chi connectivity index (χ2n) is 6.28. The minimum absolute atomic E-state index is 0.122. The molecule has 1 atom stereocenters. The molecule has 0 aliphatic carbocycles. The van der Waals surface area contributed by atoms with Crippen LogP contribution in [-0.4, -0.2) is 27.9 Å². The molecule has 7 nitrogen and oxygen atoms in total. The summed E-state index contributed by atoms with van der Waals surface area (Å²) in [6.45, 7) is 0.576. The second-order valence-corrected chi connectivity index (χ2v) is 6.28. The van der Waals surface area contributed by atoms with Gasteiger partial charge in [0.2, 0.25) is 5.91 Å². The van der Waals surface area contributed by atoms with Gasteiger partial charge < -0.3 is 26.4 Å². The van der Waals surface area contributed by atoms with Crippen LogP contribution in [0.3, 0.4) is 0 Å². The Bertz CT molecular complexity index is 945. The number of aliphatic imine (C=N–C) groups is 1. The number of nitrogens with two attached hydrogens (primary N) is 1. The number of aromatic hydroxyl groups is 1. The zero-order valence-electron chi connectivity index (χ0n) is 14.5. The van der Waals surface area contributed by atoms with Crippen molar-refractivity contribution in [3.8, 4) is 5.75 Å². The largest absolute Gasteiger partial charge is 0.508 e. The fourth-order valence-corrected chi connectivity index (χ4v) is 3.07. The van der Waals surface area contributed by atoms with E-state index in [0.29, 0.717) is 12.1 Å². The van der Waals surface area contributed by atoms with Gasteiger partial charge in [-0.15, -0.1) is 0 Å². The van der Waals surface area contributed by atoms with E-state index in [-0.39, 0.29) is 11.9 Å². The lowest BCUT2D eigenvalue weighted by atomic mass is 10.1. The van der Waals surface area contributed by atoms with Gasteiger partial charge in [0.05, 0.1) is 5.70 Å². The van der Waals surface area contributed by atoms with Crippen molar-refractivity contribution in [1.29, 1.82) is 0 Å². The Morgan fingerprint density at radius 3 is 2.63 bits per heavy atom. The highest BCUT2D eigenvalue weighted by Gasteiger charge is 2.30. The molecule has 0 aromatic heterocycles. The van der Waals surface area contributed by atoms with Gasteiger partial charge in [0, 0.05) is 30.7 Å². The lowest BCUT2D eigenvalue weighted by molar-refractivity contribution is 0.100. The van der Waals surface area contributed by atoms with Crippen LogP contribution in [0.25, 0.3) is 5.70 Å². The van der Waals surface area contributed by atoms with E-state index in [2.05, 4.69) is 20.5 Å². The van der Waals surface area contributed by atoms with E-state index >= 15 is 0 Å². The molecule has 7 heteroatoms. The molecular weight excluding hydrogens is 342 g/mol. The van der Waals surface area contributed by atoms with Crippen molar-refractivity contribution in [3.63, 3.8) is 0 Å². The number of amidine groups is 1. The van der Waals surface area contributed by atoms with Crippen LogP contribution in [0.5, 0.6) is 5.75 Å². The van der Waals surface area contributed by atoms with Crippen LogP contribution in [0.2, 0.25) is 0 Å². The maximum absolute atomic E-state index is 11.2. The third kappa shape index (κ3) is 3.35. The van der Waals surface area contributed by atoms with Crippen molar-refractivity contribution in [3.05, 3.63) is 83.8 Å². The Labute approximate surface area is 156 Å². The Hall–Kier alpha value is -3.74. The van der Waals surface area contributed by atoms with Crippen LogP contribution in [0.4, 0.5) is 0 Å². The van der Waals surface area contributed by atoms with Gasteiger partial charge in [0.1, 0.15) is 11.6 Å². The van der Waals surface area contributed by atoms with Crippen LogP contribution in [0.1, 0.15) is 21.5 Å². The van der Waals surface area contributed by atoms with E-state index < -0.39 is 5.91 Å². The predicted molar refractivity (Wildman–Crippen MR) is 103 cm³/mol. The third-order valence-electron chi connectivity index (χ3n) is 4.51. The molecule has 2 aliphatic rings. The Morgan fingerprint density at radius 2 is 1.93 bits per heavy atom. The third-order valence-corrected chi connectivity index (χ3v) is 4.51. The summed E-state index contributed by atoms with van der Waals surface area (Å²) in [6, 6.07) is 14.2. The number of fused-ring (bicyclic) bond motifs is 1. The van der Waals surface area contributed by atoms with Gasteiger partial charge in [-0.1, -0.05) is 12.1 Å². The van der Waals surface area contributed by atoms with Crippen LogP contribution in [0.15, 0.2) is 72.1 Å². The summed E-state index contributed by atoms with van der Waals surface area (Å²) in [7, 11) is 0. The number of phenolic OH excluding ortho intramolecular Hbond substituents is 1. The number of nitrogens with zero attached hydrogens (tertiary/aromatic N) is 2. The van der Waals surface area contributed by atoms with E-state index in [9.17, 15) is 9.90 Å². The van der Waals surface area contributed by atoms with Gasteiger partial charge in [-0.3, -0.25) is 4.79 Å². The van der Waals surface area contributed by atoms with Crippen molar-refractivity contribution in [2.45, 2.75) is 12.7 Å². The standard InChI is InChI=1S/C20H19N5O2/c21-18(27)15-3-1-13(2-4-15)11-23-19-20-24-12-17(25(20)10-9-22-19)14-5-7-16(26)8-6-14/h1-10,12,20,24,26H,11H2,(H2,21,27)(H,22,23). The van der Waals surface area contributed by atoms with Crippen molar-refractivity contribution >= 4 is 17.4 Å². The number of amides is 1. The number of rotatable bonds is 4. The highest BCUT2D eigenvalue weighted by atomic mass is 16.3. The van der Waals surface area contributed by atoms with E-state index in [4.69, 9.17) is 5.73 Å². The summed E-state index contributed by atoms with van der Waals surface area (Å²) in [4.78, 5) is 17.7. The lowest BCUT2D eigenvalue weighted by Gasteiger charge is -2.29. The van der Waals surface area contributed by atoms with E-state index in [1.807, 2.05) is 36.7 Å². The lowest BCUT2D eigenvalue weighted by Crippen LogP contribution is -2.48. The highest BCUT2D eigenvalue weighted by Crippen LogP contribution is 2.28. The van der Waals surface area contributed by atoms with Gasteiger partial charge >= 0.3 is 0 Å². The maximum Gasteiger partial charge on any atom is 0.248 e. The number of carbonyl (C=O) groups excluding carboxylic acids is 1. The molecule has 0 spiro atoms. The Kier molecular flexibility index (Phi) is 4.25. The monoisotopic (exact) mass is 361 g/mol. The molecule has 27 heavy (non-hydrogen) atoms. The minimum atomic E-state index is -0.435. The topological polar surface area (TPSA) is 103 Å². The fraction of sp³-hybridized carbons (Fsp3) is 0.100. The Morgan fingerprint density at radius 1 is 1.19 bits per heavy atom. The first-order valence-corrected chi connectivity index (χ1v) is 8.53. The summed E-state index contributed by atoms with van der Waals surface area (Å²) in [6.07, 6.45) is 5.47. The van der Waals surface area contributed by atoms with Gasteiger partial charge in [-0.05, 0) is 47.5 Å². The number of hydrogen-bond acceptors (Lipinski definition) is 6. The van der Waals surface area contributed by atoms with Crippen LogP contribution in [-0.2, 0) is 6.54 Å². The van der Waals surface area contributed by atoms with Gasteiger partial charge in [0.25, 0.3) is 0 Å². The van der Waals surface area contributed by atoms with Gasteiger partial charge in [-0.2, -0.15) is 0 Å². The number of primary amides is 1. The molecule has 2 aromatic rings. The normalized spacial score (nSPS) is 17.6. The van der Waals surface area contributed by atoms with Crippen LogP contribution >= 0.6 is 0 Å². The van der Waals surface area contributed by atoms with Crippen molar-refractivity contribution in [2.24, 2.45) is 10.7 Å². The molecule has 4 rings (SSSR count). The Balaban J connectivity index is 1.44. The quantitative estimate of drug-likeness (QED) is 0.664. The van der Waals surface area contributed by atoms with Crippen LogP contribution in [0, 0.1) is 0 Å². The summed E-state index contributed by atoms with van der Waals surface area (Å²) in [5.74, 6) is 0.596. The molecule has 2 aliphatic heterocycles. The first-order chi connectivity index (χ1) is 13.1. The molecule has 0 saturated carbocycles. The minimum Gasteiger partial charge on any atom is -0.508 e. The number of phenols is 1. The number of carbonyl (C=O) groups is 1. The molecule has 0 fully saturated rings. The molecule has 136 valence electrons. The number of hydrogen-bond donors (Lipinski definition) is 4. The molecule has 2 heterocycles. The molecule has 0 saturated heterocycles. The molecule has 0 radical (unpaired) electrons. The average Bonchev–Trinajstić information content (AvgIpc) is 3.12. The second kappa shape index (κ2) is 6.87. The van der Waals surface area contributed by atoms with Crippen molar-refractivity contribution in [1.82, 2.24) is 15.5 Å². The smallest absolute Gasteiger partial charge is 0.248 e. The van der Waals surface area contributed by atoms with Crippen molar-refractivity contribution < 1.29 is 9.90 Å². The zero-order chi connectivity index (χ0) is 18.8.